The van der Waals surface area contributed by atoms with E-state index in [1.54, 1.807) is 11.3 Å². The lowest BCUT2D eigenvalue weighted by molar-refractivity contribution is -0.0111. The van der Waals surface area contributed by atoms with Crippen LogP contribution in [-0.4, -0.2) is 29.6 Å². The summed E-state index contributed by atoms with van der Waals surface area (Å²) in [5, 5.41) is 13.9. The minimum absolute atomic E-state index is 0.256. The first-order valence-electron chi connectivity index (χ1n) is 9.85. The van der Waals surface area contributed by atoms with E-state index in [0.29, 0.717) is 0 Å². The van der Waals surface area contributed by atoms with Gasteiger partial charge in [-0.25, -0.2) is 0 Å². The van der Waals surface area contributed by atoms with E-state index in [9.17, 15) is 5.11 Å². The van der Waals surface area contributed by atoms with Gasteiger partial charge in [0.25, 0.3) is 0 Å². The zero-order valence-corrected chi connectivity index (χ0v) is 16.4. The van der Waals surface area contributed by atoms with Crippen molar-refractivity contribution in [1.82, 2.24) is 4.90 Å². The second-order valence-electron chi connectivity index (χ2n) is 7.46. The third kappa shape index (κ3) is 4.01. The molecular formula is C24H27NOS. The molecule has 1 unspecified atom stereocenters. The van der Waals surface area contributed by atoms with Gasteiger partial charge in [0, 0.05) is 11.4 Å². The Labute approximate surface area is 166 Å². The number of hydrogen-bond acceptors (Lipinski definition) is 3. The number of benzene rings is 2. The van der Waals surface area contributed by atoms with E-state index in [0.717, 1.165) is 49.3 Å². The fraction of sp³-hybridized carbons (Fsp3) is 0.333. The van der Waals surface area contributed by atoms with Gasteiger partial charge in [0.15, 0.2) is 0 Å². The standard InChI is InChI=1S/C24H27NOS/c26-24(23-12-7-19-27-23,21-10-5-2-6-11-21)22-14-17-25(18-15-22)16-13-20-8-3-1-4-9-20/h1-12,19,22,26H,13-18H2. The molecule has 140 valence electrons. The first-order chi connectivity index (χ1) is 13.3. The molecule has 1 aliphatic rings. The lowest BCUT2D eigenvalue weighted by Gasteiger charge is -2.41. The van der Waals surface area contributed by atoms with Crippen LogP contribution in [-0.2, 0) is 12.0 Å². The maximum atomic E-state index is 11.9. The fourth-order valence-corrected chi connectivity index (χ4v) is 5.20. The van der Waals surface area contributed by atoms with Crippen molar-refractivity contribution in [2.75, 3.05) is 19.6 Å². The summed E-state index contributed by atoms with van der Waals surface area (Å²) in [6, 6.07) is 25.1. The van der Waals surface area contributed by atoms with Crippen LogP contribution in [0.3, 0.4) is 0 Å². The van der Waals surface area contributed by atoms with Crippen molar-refractivity contribution in [2.24, 2.45) is 5.92 Å². The van der Waals surface area contributed by atoms with E-state index in [4.69, 9.17) is 0 Å². The highest BCUT2D eigenvalue weighted by Gasteiger charge is 2.42. The number of piperidine rings is 1. The summed E-state index contributed by atoms with van der Waals surface area (Å²) in [6.45, 7) is 3.20. The van der Waals surface area contributed by atoms with E-state index in [-0.39, 0.29) is 5.92 Å². The van der Waals surface area contributed by atoms with Crippen molar-refractivity contribution in [2.45, 2.75) is 24.9 Å². The molecule has 3 heteroatoms. The highest BCUT2D eigenvalue weighted by Crippen LogP contribution is 2.43. The Kier molecular flexibility index (Phi) is 5.72. The minimum atomic E-state index is -0.874. The average Bonchev–Trinajstić information content (AvgIpc) is 3.29. The van der Waals surface area contributed by atoms with Gasteiger partial charge in [-0.2, -0.15) is 0 Å². The molecule has 1 fully saturated rings. The summed E-state index contributed by atoms with van der Waals surface area (Å²) in [5.41, 5.74) is 1.55. The molecule has 1 aliphatic heterocycles. The summed E-state index contributed by atoms with van der Waals surface area (Å²) in [7, 11) is 0. The fourth-order valence-electron chi connectivity index (χ4n) is 4.27. The van der Waals surface area contributed by atoms with Crippen molar-refractivity contribution in [1.29, 1.82) is 0 Å². The highest BCUT2D eigenvalue weighted by molar-refractivity contribution is 7.10. The Morgan fingerprint density at radius 2 is 1.56 bits per heavy atom. The highest BCUT2D eigenvalue weighted by atomic mass is 32.1. The van der Waals surface area contributed by atoms with E-state index >= 15 is 0 Å². The number of rotatable bonds is 6. The molecule has 1 N–H and O–H groups in total. The lowest BCUT2D eigenvalue weighted by atomic mass is 9.75. The van der Waals surface area contributed by atoms with E-state index < -0.39 is 5.60 Å². The molecule has 1 atom stereocenters. The van der Waals surface area contributed by atoms with Crippen LogP contribution in [0.1, 0.15) is 28.8 Å². The monoisotopic (exact) mass is 377 g/mol. The SMILES string of the molecule is OC(c1ccccc1)(c1cccs1)C1CCN(CCc2ccccc2)CC1. The summed E-state index contributed by atoms with van der Waals surface area (Å²) >= 11 is 1.66. The zero-order chi connectivity index (χ0) is 18.5. The largest absolute Gasteiger partial charge is 0.379 e. The predicted octanol–water partition coefficient (Wildman–Crippen LogP) is 4.94. The summed E-state index contributed by atoms with van der Waals surface area (Å²) < 4.78 is 0. The molecule has 1 saturated heterocycles. The second kappa shape index (κ2) is 8.39. The summed E-state index contributed by atoms with van der Waals surface area (Å²) in [6.07, 6.45) is 3.15. The first-order valence-corrected chi connectivity index (χ1v) is 10.7. The van der Waals surface area contributed by atoms with Crippen molar-refractivity contribution < 1.29 is 5.11 Å². The minimum Gasteiger partial charge on any atom is -0.379 e. The maximum absolute atomic E-state index is 11.9. The lowest BCUT2D eigenvalue weighted by Crippen LogP contribution is -2.44. The van der Waals surface area contributed by atoms with Crippen LogP contribution in [0.25, 0.3) is 0 Å². The number of thiophene rings is 1. The molecule has 27 heavy (non-hydrogen) atoms. The molecule has 0 amide bonds. The second-order valence-corrected chi connectivity index (χ2v) is 8.41. The third-order valence-electron chi connectivity index (χ3n) is 5.85. The van der Waals surface area contributed by atoms with Gasteiger partial charge in [0.05, 0.1) is 0 Å². The van der Waals surface area contributed by atoms with Crippen LogP contribution >= 0.6 is 11.3 Å². The predicted molar refractivity (Wildman–Crippen MR) is 113 cm³/mol. The van der Waals surface area contributed by atoms with Crippen LogP contribution in [0.5, 0.6) is 0 Å². The number of nitrogens with zero attached hydrogens (tertiary/aromatic N) is 1. The van der Waals surface area contributed by atoms with E-state index in [2.05, 4.69) is 58.8 Å². The van der Waals surface area contributed by atoms with Crippen molar-refractivity contribution >= 4 is 11.3 Å². The van der Waals surface area contributed by atoms with Crippen LogP contribution in [0, 0.1) is 5.92 Å². The van der Waals surface area contributed by atoms with Crippen molar-refractivity contribution in [3.63, 3.8) is 0 Å². The molecule has 0 radical (unpaired) electrons. The van der Waals surface area contributed by atoms with Gasteiger partial charge < -0.3 is 10.0 Å². The van der Waals surface area contributed by atoms with Crippen LogP contribution < -0.4 is 0 Å². The molecule has 2 heterocycles. The van der Waals surface area contributed by atoms with Gasteiger partial charge in [-0.05, 0) is 60.8 Å². The molecule has 3 aromatic rings. The molecule has 4 rings (SSSR count). The van der Waals surface area contributed by atoms with Gasteiger partial charge >= 0.3 is 0 Å². The maximum Gasteiger partial charge on any atom is 0.127 e. The van der Waals surface area contributed by atoms with Crippen molar-refractivity contribution in [3.05, 3.63) is 94.2 Å². The Morgan fingerprint density at radius 1 is 0.889 bits per heavy atom. The average molecular weight is 378 g/mol. The van der Waals surface area contributed by atoms with Crippen molar-refractivity contribution in [3.8, 4) is 0 Å². The quantitative estimate of drug-likeness (QED) is 0.658. The molecule has 0 bridgehead atoms. The molecule has 1 aromatic heterocycles. The van der Waals surface area contributed by atoms with Gasteiger partial charge in [-0.3, -0.25) is 0 Å². The first kappa shape index (κ1) is 18.4. The van der Waals surface area contributed by atoms with Crippen LogP contribution in [0.4, 0.5) is 0 Å². The third-order valence-corrected chi connectivity index (χ3v) is 6.84. The van der Waals surface area contributed by atoms with Gasteiger partial charge in [0.2, 0.25) is 0 Å². The number of likely N-dealkylation sites (tertiary alicyclic amines) is 1. The molecule has 0 aliphatic carbocycles. The molecule has 2 aromatic carbocycles. The Bertz CT molecular complexity index is 810. The van der Waals surface area contributed by atoms with E-state index in [1.807, 2.05) is 24.3 Å². The topological polar surface area (TPSA) is 23.5 Å². The molecule has 0 spiro atoms. The number of aliphatic hydroxyl groups is 1. The Balaban J connectivity index is 1.45. The Morgan fingerprint density at radius 3 is 2.19 bits per heavy atom. The molecule has 2 nitrogen and oxygen atoms in total. The van der Waals surface area contributed by atoms with E-state index in [1.165, 1.54) is 5.56 Å². The van der Waals surface area contributed by atoms with Gasteiger partial charge in [-0.1, -0.05) is 66.7 Å². The molecular weight excluding hydrogens is 350 g/mol. The van der Waals surface area contributed by atoms with Crippen LogP contribution in [0.15, 0.2) is 78.2 Å². The zero-order valence-electron chi connectivity index (χ0n) is 15.6. The summed E-state index contributed by atoms with van der Waals surface area (Å²) in [5.74, 6) is 0.256. The normalized spacial score (nSPS) is 18.3. The molecule has 0 saturated carbocycles. The van der Waals surface area contributed by atoms with Crippen LogP contribution in [0.2, 0.25) is 0 Å². The smallest absolute Gasteiger partial charge is 0.127 e. The number of hydrogen-bond donors (Lipinski definition) is 1. The summed E-state index contributed by atoms with van der Waals surface area (Å²) in [4.78, 5) is 3.61. The van der Waals surface area contributed by atoms with Gasteiger partial charge in [0.1, 0.15) is 5.60 Å². The van der Waals surface area contributed by atoms with Gasteiger partial charge in [-0.15, -0.1) is 11.3 Å². The Hall–Kier alpha value is -1.94.